The molecule has 0 spiro atoms. The first kappa shape index (κ1) is 13.1. The molecule has 1 aromatic rings. The summed E-state index contributed by atoms with van der Waals surface area (Å²) in [5.41, 5.74) is 6.52. The Balaban J connectivity index is 2.68. The van der Waals surface area contributed by atoms with Crippen LogP contribution in [0.5, 0.6) is 0 Å². The molecule has 0 aliphatic heterocycles. The van der Waals surface area contributed by atoms with Gasteiger partial charge in [-0.1, -0.05) is 20.3 Å². The summed E-state index contributed by atoms with van der Waals surface area (Å²) >= 11 is 3.31. The number of nitrogens with zero attached hydrogens (tertiary/aromatic N) is 1. The third kappa shape index (κ3) is 3.28. The number of hydrogen-bond acceptors (Lipinski definition) is 3. The number of pyridine rings is 1. The molecule has 0 saturated carbocycles. The highest BCUT2D eigenvalue weighted by Crippen LogP contribution is 2.20. The molecule has 0 bridgehead atoms. The molecule has 1 heterocycles. The highest BCUT2D eigenvalue weighted by atomic mass is 79.9. The number of aromatic nitrogens is 1. The van der Waals surface area contributed by atoms with E-state index in [4.69, 9.17) is 5.73 Å². The molecule has 1 aromatic heterocycles. The Morgan fingerprint density at radius 3 is 2.94 bits per heavy atom. The summed E-state index contributed by atoms with van der Waals surface area (Å²) in [6.07, 6.45) is 4.13. The molecule has 0 fully saturated rings. The second-order valence-corrected chi connectivity index (χ2v) is 4.61. The molecule has 2 unspecified atom stereocenters. The molecule has 2 atom stereocenters. The van der Waals surface area contributed by atoms with Crippen molar-refractivity contribution in [3.05, 3.63) is 22.9 Å². The van der Waals surface area contributed by atoms with Crippen molar-refractivity contribution in [2.75, 3.05) is 5.32 Å². The molecule has 0 aliphatic rings. The van der Waals surface area contributed by atoms with Crippen molar-refractivity contribution >= 4 is 27.5 Å². The van der Waals surface area contributed by atoms with E-state index in [0.717, 1.165) is 10.9 Å². The third-order valence-electron chi connectivity index (χ3n) is 2.59. The Labute approximate surface area is 104 Å². The molecular formula is C11H16BrN3O. The maximum absolute atomic E-state index is 11.8. The summed E-state index contributed by atoms with van der Waals surface area (Å²) in [5.74, 6) is 0.00172. The summed E-state index contributed by atoms with van der Waals surface area (Å²) in [4.78, 5) is 15.7. The molecular weight excluding hydrogens is 270 g/mol. The zero-order valence-electron chi connectivity index (χ0n) is 9.40. The van der Waals surface area contributed by atoms with E-state index in [0.29, 0.717) is 5.69 Å². The molecule has 16 heavy (non-hydrogen) atoms. The van der Waals surface area contributed by atoms with E-state index in [-0.39, 0.29) is 11.8 Å². The SMILES string of the molecule is CCC(C)C(N)C(=O)Nc1ccncc1Br. The van der Waals surface area contributed by atoms with Gasteiger partial charge >= 0.3 is 0 Å². The molecule has 0 radical (unpaired) electrons. The molecule has 5 heteroatoms. The van der Waals surface area contributed by atoms with Gasteiger partial charge in [0, 0.05) is 12.4 Å². The van der Waals surface area contributed by atoms with Gasteiger partial charge in [-0.2, -0.15) is 0 Å². The molecule has 88 valence electrons. The first-order valence-electron chi connectivity index (χ1n) is 5.22. The minimum Gasteiger partial charge on any atom is -0.324 e. The summed E-state index contributed by atoms with van der Waals surface area (Å²) in [6, 6.07) is 1.25. The van der Waals surface area contributed by atoms with Crippen LogP contribution < -0.4 is 11.1 Å². The van der Waals surface area contributed by atoms with E-state index in [9.17, 15) is 4.79 Å². The van der Waals surface area contributed by atoms with Gasteiger partial charge in [-0.05, 0) is 27.9 Å². The van der Waals surface area contributed by atoms with Gasteiger partial charge in [0.25, 0.3) is 0 Å². The quantitative estimate of drug-likeness (QED) is 0.891. The summed E-state index contributed by atoms with van der Waals surface area (Å²) in [6.45, 7) is 3.98. The lowest BCUT2D eigenvalue weighted by molar-refractivity contribution is -0.118. The van der Waals surface area contributed by atoms with Crippen LogP contribution in [-0.4, -0.2) is 16.9 Å². The lowest BCUT2D eigenvalue weighted by Crippen LogP contribution is -2.40. The standard InChI is InChI=1S/C11H16BrN3O/c1-3-7(2)10(13)11(16)15-9-4-5-14-6-8(9)12/h4-7,10H,3,13H2,1-2H3,(H,14,15,16). The van der Waals surface area contributed by atoms with Gasteiger partial charge in [0.2, 0.25) is 5.91 Å². The van der Waals surface area contributed by atoms with Crippen molar-refractivity contribution in [1.82, 2.24) is 4.98 Å². The predicted octanol–water partition coefficient (Wildman–Crippen LogP) is 2.16. The number of anilines is 1. The van der Waals surface area contributed by atoms with E-state index in [2.05, 4.69) is 26.2 Å². The van der Waals surface area contributed by atoms with Gasteiger partial charge in [0.1, 0.15) is 0 Å². The molecule has 3 N–H and O–H groups in total. The Kier molecular flexibility index (Phi) is 4.89. The number of carbonyl (C=O) groups excluding carboxylic acids is 1. The van der Waals surface area contributed by atoms with Crippen molar-refractivity contribution in [2.24, 2.45) is 11.7 Å². The van der Waals surface area contributed by atoms with Crippen LogP contribution in [0.25, 0.3) is 0 Å². The molecule has 1 amide bonds. The van der Waals surface area contributed by atoms with Crippen molar-refractivity contribution in [3.8, 4) is 0 Å². The van der Waals surface area contributed by atoms with E-state index in [1.54, 1.807) is 18.5 Å². The van der Waals surface area contributed by atoms with Crippen LogP contribution in [0.3, 0.4) is 0 Å². The van der Waals surface area contributed by atoms with E-state index < -0.39 is 6.04 Å². The third-order valence-corrected chi connectivity index (χ3v) is 3.22. The average Bonchev–Trinajstić information content (AvgIpc) is 2.30. The maximum atomic E-state index is 11.8. The van der Waals surface area contributed by atoms with Crippen molar-refractivity contribution in [3.63, 3.8) is 0 Å². The number of nitrogens with one attached hydrogen (secondary N) is 1. The zero-order valence-corrected chi connectivity index (χ0v) is 11.0. The van der Waals surface area contributed by atoms with Crippen molar-refractivity contribution in [2.45, 2.75) is 26.3 Å². The fourth-order valence-corrected chi connectivity index (χ4v) is 1.55. The van der Waals surface area contributed by atoms with Crippen molar-refractivity contribution < 1.29 is 4.79 Å². The van der Waals surface area contributed by atoms with Gasteiger partial charge in [0.15, 0.2) is 0 Å². The molecule has 0 aliphatic carbocycles. The van der Waals surface area contributed by atoms with Crippen LogP contribution in [-0.2, 0) is 4.79 Å². The smallest absolute Gasteiger partial charge is 0.241 e. The van der Waals surface area contributed by atoms with Crippen LogP contribution >= 0.6 is 15.9 Å². The molecule has 4 nitrogen and oxygen atoms in total. The summed E-state index contributed by atoms with van der Waals surface area (Å²) < 4.78 is 0.750. The van der Waals surface area contributed by atoms with Crippen LogP contribution in [0.1, 0.15) is 20.3 Å². The Bertz CT molecular complexity index is 370. The first-order valence-corrected chi connectivity index (χ1v) is 6.01. The zero-order chi connectivity index (χ0) is 12.1. The maximum Gasteiger partial charge on any atom is 0.241 e. The van der Waals surface area contributed by atoms with Crippen LogP contribution in [0.2, 0.25) is 0 Å². The highest BCUT2D eigenvalue weighted by molar-refractivity contribution is 9.10. The Morgan fingerprint density at radius 2 is 2.38 bits per heavy atom. The molecule has 1 rings (SSSR count). The topological polar surface area (TPSA) is 68.0 Å². The highest BCUT2D eigenvalue weighted by Gasteiger charge is 2.19. The average molecular weight is 286 g/mol. The minimum absolute atomic E-state index is 0.166. The van der Waals surface area contributed by atoms with E-state index in [1.165, 1.54) is 0 Å². The second kappa shape index (κ2) is 5.96. The second-order valence-electron chi connectivity index (χ2n) is 3.76. The van der Waals surface area contributed by atoms with Gasteiger partial charge in [0.05, 0.1) is 16.2 Å². The molecule has 0 aromatic carbocycles. The normalized spacial score (nSPS) is 14.2. The number of nitrogens with two attached hydrogens (primary N) is 1. The summed E-state index contributed by atoms with van der Waals surface area (Å²) in [7, 11) is 0. The fraction of sp³-hybridized carbons (Fsp3) is 0.455. The fourth-order valence-electron chi connectivity index (χ4n) is 1.20. The van der Waals surface area contributed by atoms with Gasteiger partial charge in [-0.3, -0.25) is 9.78 Å². The Hall–Kier alpha value is -0.940. The van der Waals surface area contributed by atoms with Gasteiger partial charge < -0.3 is 11.1 Å². The lowest BCUT2D eigenvalue weighted by Gasteiger charge is -2.18. The lowest BCUT2D eigenvalue weighted by atomic mass is 9.99. The number of hydrogen-bond donors (Lipinski definition) is 2. The predicted molar refractivity (Wildman–Crippen MR) is 68.0 cm³/mol. The molecule has 0 saturated heterocycles. The van der Waals surface area contributed by atoms with E-state index >= 15 is 0 Å². The number of rotatable bonds is 4. The first-order chi connectivity index (χ1) is 7.56. The summed E-state index contributed by atoms with van der Waals surface area (Å²) in [5, 5.41) is 2.77. The number of carbonyl (C=O) groups is 1. The minimum atomic E-state index is -0.481. The van der Waals surface area contributed by atoms with Gasteiger partial charge in [-0.25, -0.2) is 0 Å². The monoisotopic (exact) mass is 285 g/mol. The van der Waals surface area contributed by atoms with Crippen LogP contribution in [0.4, 0.5) is 5.69 Å². The van der Waals surface area contributed by atoms with E-state index in [1.807, 2.05) is 13.8 Å². The largest absolute Gasteiger partial charge is 0.324 e. The Morgan fingerprint density at radius 1 is 1.69 bits per heavy atom. The van der Waals surface area contributed by atoms with Crippen LogP contribution in [0, 0.1) is 5.92 Å². The van der Waals surface area contributed by atoms with Crippen molar-refractivity contribution in [1.29, 1.82) is 0 Å². The van der Waals surface area contributed by atoms with Gasteiger partial charge in [-0.15, -0.1) is 0 Å². The number of amides is 1. The number of halogens is 1. The van der Waals surface area contributed by atoms with Crippen LogP contribution in [0.15, 0.2) is 22.9 Å².